The average molecular weight is 272 g/mol. The number of aromatic amines is 1. The van der Waals surface area contributed by atoms with Crippen LogP contribution in [0.15, 0.2) is 37.1 Å². The van der Waals surface area contributed by atoms with E-state index >= 15 is 0 Å². The van der Waals surface area contributed by atoms with E-state index in [9.17, 15) is 4.79 Å². The second-order valence-electron chi connectivity index (χ2n) is 4.92. The zero-order valence-corrected chi connectivity index (χ0v) is 12.0. The summed E-state index contributed by atoms with van der Waals surface area (Å²) >= 11 is 0. The van der Waals surface area contributed by atoms with E-state index in [1.165, 1.54) is 12.5 Å². The van der Waals surface area contributed by atoms with Crippen molar-refractivity contribution >= 4 is 16.9 Å². The van der Waals surface area contributed by atoms with Crippen molar-refractivity contribution in [2.75, 3.05) is 20.1 Å². The van der Waals surface area contributed by atoms with Crippen LogP contribution in [0.1, 0.15) is 12.5 Å². The lowest BCUT2D eigenvalue weighted by atomic mass is 10.1. The molecule has 2 aromatic rings. The minimum atomic E-state index is -0.299. The number of H-pyrrole nitrogens is 1. The number of carbonyl (C=O) groups is 1. The fourth-order valence-electron chi connectivity index (χ4n) is 2.22. The molecule has 0 saturated carbocycles. The van der Waals surface area contributed by atoms with Gasteiger partial charge in [0.05, 0.1) is 0 Å². The largest absolute Gasteiger partial charge is 0.427 e. The first kappa shape index (κ1) is 14.3. The number of ether oxygens (including phenoxy) is 1. The number of fused-ring (bicyclic) bond motifs is 1. The standard InChI is InChI=1S/C16H20N2O2/c1-4-8-18(3)9-7-13-11-17-16-6-5-14(10-15(13)16)20-12(2)19/h4-6,10-11,17H,1,7-9H2,2-3H3. The van der Waals surface area contributed by atoms with Gasteiger partial charge in [-0.1, -0.05) is 6.08 Å². The minimum Gasteiger partial charge on any atom is -0.427 e. The van der Waals surface area contributed by atoms with E-state index in [4.69, 9.17) is 4.74 Å². The summed E-state index contributed by atoms with van der Waals surface area (Å²) in [6, 6.07) is 5.65. The third kappa shape index (κ3) is 3.48. The van der Waals surface area contributed by atoms with Gasteiger partial charge in [0.15, 0.2) is 0 Å². The van der Waals surface area contributed by atoms with E-state index in [-0.39, 0.29) is 5.97 Å². The van der Waals surface area contributed by atoms with Crippen molar-refractivity contribution in [2.24, 2.45) is 0 Å². The van der Waals surface area contributed by atoms with E-state index in [0.717, 1.165) is 30.4 Å². The number of nitrogens with zero attached hydrogens (tertiary/aromatic N) is 1. The lowest BCUT2D eigenvalue weighted by molar-refractivity contribution is -0.131. The summed E-state index contributed by atoms with van der Waals surface area (Å²) in [7, 11) is 2.07. The summed E-state index contributed by atoms with van der Waals surface area (Å²) in [6.07, 6.45) is 4.85. The monoisotopic (exact) mass is 272 g/mol. The first-order valence-electron chi connectivity index (χ1n) is 6.68. The molecule has 0 bridgehead atoms. The second-order valence-corrected chi connectivity index (χ2v) is 4.92. The number of nitrogens with one attached hydrogen (secondary N) is 1. The lowest BCUT2D eigenvalue weighted by Gasteiger charge is -2.13. The van der Waals surface area contributed by atoms with Gasteiger partial charge in [-0.05, 0) is 37.2 Å². The number of carbonyl (C=O) groups excluding carboxylic acids is 1. The average Bonchev–Trinajstić information content (AvgIpc) is 2.78. The normalized spacial score (nSPS) is 10.9. The van der Waals surface area contributed by atoms with Gasteiger partial charge >= 0.3 is 5.97 Å². The number of rotatable bonds is 6. The fraction of sp³-hybridized carbons (Fsp3) is 0.312. The van der Waals surface area contributed by atoms with Crippen molar-refractivity contribution in [1.82, 2.24) is 9.88 Å². The summed E-state index contributed by atoms with van der Waals surface area (Å²) in [6.45, 7) is 6.98. The van der Waals surface area contributed by atoms with Crippen LogP contribution in [-0.2, 0) is 11.2 Å². The molecule has 20 heavy (non-hydrogen) atoms. The van der Waals surface area contributed by atoms with Crippen molar-refractivity contribution < 1.29 is 9.53 Å². The molecule has 0 radical (unpaired) electrons. The first-order chi connectivity index (χ1) is 9.60. The molecule has 0 aliphatic rings. The number of benzene rings is 1. The Morgan fingerprint density at radius 2 is 2.30 bits per heavy atom. The highest BCUT2D eigenvalue weighted by Gasteiger charge is 2.07. The molecule has 1 heterocycles. The quantitative estimate of drug-likeness (QED) is 0.499. The van der Waals surface area contributed by atoms with Gasteiger partial charge in [0.25, 0.3) is 0 Å². The number of esters is 1. The number of hydrogen-bond donors (Lipinski definition) is 1. The Morgan fingerprint density at radius 3 is 3.00 bits per heavy atom. The van der Waals surface area contributed by atoms with Crippen molar-refractivity contribution in [2.45, 2.75) is 13.3 Å². The Hall–Kier alpha value is -2.07. The summed E-state index contributed by atoms with van der Waals surface area (Å²) < 4.78 is 5.13. The van der Waals surface area contributed by atoms with Gasteiger partial charge in [-0.2, -0.15) is 0 Å². The van der Waals surface area contributed by atoms with Crippen molar-refractivity contribution in [3.8, 4) is 5.75 Å². The summed E-state index contributed by atoms with van der Waals surface area (Å²) in [4.78, 5) is 16.5. The maximum Gasteiger partial charge on any atom is 0.308 e. The molecule has 0 aliphatic carbocycles. The third-order valence-electron chi connectivity index (χ3n) is 3.20. The molecule has 0 unspecified atom stereocenters. The predicted molar refractivity (Wildman–Crippen MR) is 81.0 cm³/mol. The van der Waals surface area contributed by atoms with Gasteiger partial charge in [0.2, 0.25) is 0 Å². The fourth-order valence-corrected chi connectivity index (χ4v) is 2.22. The number of aromatic nitrogens is 1. The van der Waals surface area contributed by atoms with E-state index in [0.29, 0.717) is 5.75 Å². The zero-order valence-electron chi connectivity index (χ0n) is 12.0. The van der Waals surface area contributed by atoms with E-state index in [1.807, 2.05) is 24.4 Å². The molecular formula is C16H20N2O2. The molecule has 1 N–H and O–H groups in total. The second kappa shape index (κ2) is 6.39. The molecule has 0 aliphatic heterocycles. The third-order valence-corrected chi connectivity index (χ3v) is 3.20. The van der Waals surface area contributed by atoms with Crippen LogP contribution in [-0.4, -0.2) is 36.0 Å². The van der Waals surface area contributed by atoms with Gasteiger partial charge in [-0.3, -0.25) is 4.79 Å². The van der Waals surface area contributed by atoms with Crippen LogP contribution in [0.4, 0.5) is 0 Å². The van der Waals surface area contributed by atoms with Crippen LogP contribution in [0, 0.1) is 0 Å². The maximum absolute atomic E-state index is 11.0. The molecule has 0 fully saturated rings. The van der Waals surface area contributed by atoms with Crippen molar-refractivity contribution in [3.05, 3.63) is 42.6 Å². The highest BCUT2D eigenvalue weighted by atomic mass is 16.5. The molecule has 0 amide bonds. The minimum absolute atomic E-state index is 0.299. The summed E-state index contributed by atoms with van der Waals surface area (Å²) in [5.41, 5.74) is 2.28. The van der Waals surface area contributed by atoms with E-state index < -0.39 is 0 Å². The SMILES string of the molecule is C=CCN(C)CCc1c[nH]c2ccc(OC(C)=O)cc12. The summed E-state index contributed by atoms with van der Waals surface area (Å²) in [5, 5.41) is 1.11. The molecule has 0 atom stereocenters. The molecule has 1 aromatic heterocycles. The van der Waals surface area contributed by atoms with Crippen LogP contribution >= 0.6 is 0 Å². The molecule has 0 spiro atoms. The zero-order chi connectivity index (χ0) is 14.5. The van der Waals surface area contributed by atoms with Gasteiger partial charge in [0.1, 0.15) is 5.75 Å². The molecule has 4 heteroatoms. The number of hydrogen-bond acceptors (Lipinski definition) is 3. The highest BCUT2D eigenvalue weighted by molar-refractivity contribution is 5.85. The van der Waals surface area contributed by atoms with Crippen LogP contribution in [0.5, 0.6) is 5.75 Å². The van der Waals surface area contributed by atoms with Crippen LogP contribution in [0.2, 0.25) is 0 Å². The lowest BCUT2D eigenvalue weighted by Crippen LogP contribution is -2.20. The Kier molecular flexibility index (Phi) is 4.58. The Morgan fingerprint density at radius 1 is 1.50 bits per heavy atom. The van der Waals surface area contributed by atoms with Crippen molar-refractivity contribution in [3.63, 3.8) is 0 Å². The molecule has 0 saturated heterocycles. The Balaban J connectivity index is 2.16. The summed E-state index contributed by atoms with van der Waals surface area (Å²) in [5.74, 6) is 0.289. The van der Waals surface area contributed by atoms with Gasteiger partial charge in [0, 0.05) is 37.1 Å². The van der Waals surface area contributed by atoms with Crippen LogP contribution in [0.25, 0.3) is 10.9 Å². The predicted octanol–water partition coefficient (Wildman–Crippen LogP) is 2.75. The van der Waals surface area contributed by atoms with Crippen molar-refractivity contribution in [1.29, 1.82) is 0 Å². The van der Waals surface area contributed by atoms with E-state index in [2.05, 4.69) is 23.5 Å². The Bertz CT molecular complexity index is 616. The molecule has 2 rings (SSSR count). The van der Waals surface area contributed by atoms with Gasteiger partial charge < -0.3 is 14.6 Å². The van der Waals surface area contributed by atoms with E-state index in [1.54, 1.807) is 6.07 Å². The molecule has 106 valence electrons. The maximum atomic E-state index is 11.0. The molecule has 4 nitrogen and oxygen atoms in total. The number of likely N-dealkylation sites (N-methyl/N-ethyl adjacent to an activating group) is 1. The van der Waals surface area contributed by atoms with Gasteiger partial charge in [-0.25, -0.2) is 0 Å². The van der Waals surface area contributed by atoms with Crippen LogP contribution in [0.3, 0.4) is 0 Å². The van der Waals surface area contributed by atoms with Crippen LogP contribution < -0.4 is 4.74 Å². The molecule has 1 aromatic carbocycles. The van der Waals surface area contributed by atoms with Gasteiger partial charge in [-0.15, -0.1) is 6.58 Å². The topological polar surface area (TPSA) is 45.3 Å². The smallest absolute Gasteiger partial charge is 0.308 e. The Labute approximate surface area is 119 Å². The highest BCUT2D eigenvalue weighted by Crippen LogP contribution is 2.24. The first-order valence-corrected chi connectivity index (χ1v) is 6.68. The molecular weight excluding hydrogens is 252 g/mol.